The van der Waals surface area contributed by atoms with Crippen molar-refractivity contribution in [1.29, 1.82) is 0 Å². The molecule has 2 heteroatoms. The Bertz CT molecular complexity index is 251. The second kappa shape index (κ2) is 4.28. The Kier molecular flexibility index (Phi) is 3.32. The maximum absolute atomic E-state index is 5.76. The first-order valence-corrected chi connectivity index (χ1v) is 4.71. The Morgan fingerprint density at radius 2 is 1.85 bits per heavy atom. The highest BCUT2D eigenvalue weighted by molar-refractivity contribution is 5.47. The number of anilines is 1. The van der Waals surface area contributed by atoms with Crippen molar-refractivity contribution < 1.29 is 0 Å². The molecule has 1 atom stereocenters. The molecule has 1 unspecified atom stereocenters. The number of nitrogens with zero attached hydrogens (tertiary/aromatic N) is 1. The molecule has 0 aliphatic carbocycles. The number of benzene rings is 1. The SMILES string of the molecule is CCN(C)c1ccc(C(C)N)cc1. The fourth-order valence-electron chi connectivity index (χ4n) is 1.21. The maximum atomic E-state index is 5.76. The van der Waals surface area contributed by atoms with Crippen LogP contribution >= 0.6 is 0 Å². The van der Waals surface area contributed by atoms with Gasteiger partial charge in [0, 0.05) is 25.3 Å². The number of nitrogens with two attached hydrogens (primary N) is 1. The average Bonchev–Trinajstić information content (AvgIpc) is 2.17. The van der Waals surface area contributed by atoms with Gasteiger partial charge in [0.25, 0.3) is 0 Å². The normalized spacial score (nSPS) is 12.6. The molecule has 0 radical (unpaired) electrons. The van der Waals surface area contributed by atoms with Gasteiger partial charge in [0.1, 0.15) is 0 Å². The summed E-state index contributed by atoms with van der Waals surface area (Å²) in [4.78, 5) is 2.20. The summed E-state index contributed by atoms with van der Waals surface area (Å²) in [5, 5.41) is 0. The monoisotopic (exact) mass is 178 g/mol. The first kappa shape index (κ1) is 10.1. The smallest absolute Gasteiger partial charge is 0.0363 e. The largest absolute Gasteiger partial charge is 0.375 e. The molecule has 2 nitrogen and oxygen atoms in total. The molecule has 0 aromatic heterocycles. The lowest BCUT2D eigenvalue weighted by molar-refractivity contribution is 0.817. The van der Waals surface area contributed by atoms with Crippen molar-refractivity contribution in [2.75, 3.05) is 18.5 Å². The molecule has 0 saturated heterocycles. The van der Waals surface area contributed by atoms with E-state index in [1.807, 2.05) is 6.92 Å². The Morgan fingerprint density at radius 1 is 1.31 bits per heavy atom. The zero-order valence-electron chi connectivity index (χ0n) is 8.62. The van der Waals surface area contributed by atoms with Crippen molar-refractivity contribution in [2.45, 2.75) is 19.9 Å². The van der Waals surface area contributed by atoms with Crippen LogP contribution in [0.3, 0.4) is 0 Å². The number of rotatable bonds is 3. The van der Waals surface area contributed by atoms with Crippen LogP contribution in [0.5, 0.6) is 0 Å². The van der Waals surface area contributed by atoms with E-state index in [9.17, 15) is 0 Å². The van der Waals surface area contributed by atoms with Crippen LogP contribution in [0.15, 0.2) is 24.3 Å². The summed E-state index contributed by atoms with van der Waals surface area (Å²) >= 11 is 0. The summed E-state index contributed by atoms with van der Waals surface area (Å²) in [7, 11) is 2.08. The van der Waals surface area contributed by atoms with Gasteiger partial charge in [0.15, 0.2) is 0 Å². The van der Waals surface area contributed by atoms with Crippen LogP contribution in [0.4, 0.5) is 5.69 Å². The Hall–Kier alpha value is -1.02. The van der Waals surface area contributed by atoms with Crippen LogP contribution < -0.4 is 10.6 Å². The topological polar surface area (TPSA) is 29.3 Å². The van der Waals surface area contributed by atoms with E-state index >= 15 is 0 Å². The molecule has 72 valence electrons. The fraction of sp³-hybridized carbons (Fsp3) is 0.455. The summed E-state index contributed by atoms with van der Waals surface area (Å²) in [5.41, 5.74) is 8.19. The molecule has 1 rings (SSSR count). The first-order valence-electron chi connectivity index (χ1n) is 4.71. The van der Waals surface area contributed by atoms with E-state index in [0.29, 0.717) is 0 Å². The van der Waals surface area contributed by atoms with Gasteiger partial charge in [-0.1, -0.05) is 12.1 Å². The van der Waals surface area contributed by atoms with Gasteiger partial charge in [-0.3, -0.25) is 0 Å². The van der Waals surface area contributed by atoms with Crippen LogP contribution in [0.2, 0.25) is 0 Å². The second-order valence-electron chi connectivity index (χ2n) is 3.39. The fourth-order valence-corrected chi connectivity index (χ4v) is 1.21. The molecule has 2 N–H and O–H groups in total. The van der Waals surface area contributed by atoms with Crippen molar-refractivity contribution >= 4 is 5.69 Å². The Morgan fingerprint density at radius 3 is 2.23 bits per heavy atom. The van der Waals surface area contributed by atoms with Gasteiger partial charge in [-0.05, 0) is 31.5 Å². The summed E-state index contributed by atoms with van der Waals surface area (Å²) in [6.45, 7) is 5.16. The standard InChI is InChI=1S/C11H18N2/c1-4-13(3)11-7-5-10(6-8-11)9(2)12/h5-9H,4,12H2,1-3H3. The third-order valence-corrected chi connectivity index (χ3v) is 2.33. The number of hydrogen-bond donors (Lipinski definition) is 1. The zero-order chi connectivity index (χ0) is 9.84. The Labute approximate surface area is 80.4 Å². The van der Waals surface area contributed by atoms with Crippen molar-refractivity contribution in [3.8, 4) is 0 Å². The molecule has 0 bridgehead atoms. The number of hydrogen-bond acceptors (Lipinski definition) is 2. The minimum Gasteiger partial charge on any atom is -0.375 e. The van der Waals surface area contributed by atoms with Crippen LogP contribution in [0, 0.1) is 0 Å². The minimum absolute atomic E-state index is 0.126. The van der Waals surface area contributed by atoms with Crippen LogP contribution in [-0.4, -0.2) is 13.6 Å². The molecule has 0 fully saturated rings. The molecule has 0 saturated carbocycles. The highest BCUT2D eigenvalue weighted by Gasteiger charge is 2.00. The molecule has 1 aromatic rings. The predicted octanol–water partition coefficient (Wildman–Crippen LogP) is 2.16. The minimum atomic E-state index is 0.126. The summed E-state index contributed by atoms with van der Waals surface area (Å²) in [6, 6.07) is 8.53. The molecular weight excluding hydrogens is 160 g/mol. The molecule has 0 heterocycles. The van der Waals surface area contributed by atoms with Crippen LogP contribution in [-0.2, 0) is 0 Å². The third-order valence-electron chi connectivity index (χ3n) is 2.33. The predicted molar refractivity (Wildman–Crippen MR) is 58.0 cm³/mol. The van der Waals surface area contributed by atoms with Crippen molar-refractivity contribution in [3.05, 3.63) is 29.8 Å². The van der Waals surface area contributed by atoms with Gasteiger partial charge in [0.05, 0.1) is 0 Å². The highest BCUT2D eigenvalue weighted by atomic mass is 15.1. The van der Waals surface area contributed by atoms with E-state index in [4.69, 9.17) is 5.73 Å². The van der Waals surface area contributed by atoms with Gasteiger partial charge in [-0.25, -0.2) is 0 Å². The van der Waals surface area contributed by atoms with E-state index in [2.05, 4.69) is 43.1 Å². The maximum Gasteiger partial charge on any atom is 0.0363 e. The van der Waals surface area contributed by atoms with Crippen LogP contribution in [0.1, 0.15) is 25.5 Å². The van der Waals surface area contributed by atoms with Crippen molar-refractivity contribution in [3.63, 3.8) is 0 Å². The lowest BCUT2D eigenvalue weighted by atomic mass is 10.1. The third kappa shape index (κ3) is 2.46. The van der Waals surface area contributed by atoms with Crippen molar-refractivity contribution in [1.82, 2.24) is 0 Å². The molecule has 0 aliphatic rings. The summed E-state index contributed by atoms with van der Waals surface area (Å²) in [6.07, 6.45) is 0. The van der Waals surface area contributed by atoms with E-state index in [1.54, 1.807) is 0 Å². The molecule has 1 aromatic carbocycles. The van der Waals surface area contributed by atoms with E-state index in [-0.39, 0.29) is 6.04 Å². The van der Waals surface area contributed by atoms with E-state index in [1.165, 1.54) is 11.3 Å². The zero-order valence-corrected chi connectivity index (χ0v) is 8.62. The van der Waals surface area contributed by atoms with Gasteiger partial charge >= 0.3 is 0 Å². The van der Waals surface area contributed by atoms with E-state index < -0.39 is 0 Å². The van der Waals surface area contributed by atoms with Gasteiger partial charge < -0.3 is 10.6 Å². The molecule has 0 amide bonds. The van der Waals surface area contributed by atoms with Crippen LogP contribution in [0.25, 0.3) is 0 Å². The summed E-state index contributed by atoms with van der Waals surface area (Å²) < 4.78 is 0. The molecular formula is C11H18N2. The quantitative estimate of drug-likeness (QED) is 0.768. The first-order chi connectivity index (χ1) is 6.15. The van der Waals surface area contributed by atoms with Gasteiger partial charge in [-0.2, -0.15) is 0 Å². The van der Waals surface area contributed by atoms with Gasteiger partial charge in [-0.15, -0.1) is 0 Å². The summed E-state index contributed by atoms with van der Waals surface area (Å²) in [5.74, 6) is 0. The average molecular weight is 178 g/mol. The highest BCUT2D eigenvalue weighted by Crippen LogP contribution is 2.16. The van der Waals surface area contributed by atoms with Crippen molar-refractivity contribution in [2.24, 2.45) is 5.73 Å². The van der Waals surface area contributed by atoms with E-state index in [0.717, 1.165) is 6.54 Å². The molecule has 13 heavy (non-hydrogen) atoms. The lowest BCUT2D eigenvalue weighted by Crippen LogP contribution is -2.15. The second-order valence-corrected chi connectivity index (χ2v) is 3.39. The lowest BCUT2D eigenvalue weighted by Gasteiger charge is -2.17. The Balaban J connectivity index is 2.81. The van der Waals surface area contributed by atoms with Gasteiger partial charge in [0.2, 0.25) is 0 Å². The molecule has 0 aliphatic heterocycles. The molecule has 0 spiro atoms.